The molecule has 0 saturated carbocycles. The van der Waals surface area contributed by atoms with Crippen molar-refractivity contribution < 1.29 is 9.53 Å². The molecule has 2 N–H and O–H groups in total. The highest BCUT2D eigenvalue weighted by atomic mass is 16.5. The first-order chi connectivity index (χ1) is 5.72. The zero-order valence-corrected chi connectivity index (χ0v) is 7.58. The Bertz CT molecular complexity index is 145. The van der Waals surface area contributed by atoms with Crippen molar-refractivity contribution in [2.75, 3.05) is 13.7 Å². The summed E-state index contributed by atoms with van der Waals surface area (Å²) in [5, 5.41) is 0. The highest BCUT2D eigenvalue weighted by molar-refractivity contribution is 5.83. The molecule has 0 saturated heterocycles. The highest BCUT2D eigenvalue weighted by Crippen LogP contribution is 1.99. The van der Waals surface area contributed by atoms with E-state index in [0.717, 1.165) is 12.8 Å². The number of methoxy groups -OCH3 is 1. The van der Waals surface area contributed by atoms with Crippen molar-refractivity contribution in [2.24, 2.45) is 5.73 Å². The average Bonchev–Trinajstić information content (AvgIpc) is 2.05. The second-order valence-corrected chi connectivity index (χ2v) is 2.71. The summed E-state index contributed by atoms with van der Waals surface area (Å²) in [5.41, 5.74) is 5.51. The molecule has 0 aromatic rings. The molecule has 12 heavy (non-hydrogen) atoms. The van der Waals surface area contributed by atoms with Gasteiger partial charge in [-0.3, -0.25) is 4.79 Å². The predicted molar refractivity (Wildman–Crippen MR) is 48.9 cm³/mol. The summed E-state index contributed by atoms with van der Waals surface area (Å²) in [4.78, 5) is 11.2. The summed E-state index contributed by atoms with van der Waals surface area (Å²) in [6, 6.07) is -0.459. The fraction of sp³-hybridized carbons (Fsp3) is 0.667. The van der Waals surface area contributed by atoms with E-state index in [0.29, 0.717) is 13.0 Å². The lowest BCUT2D eigenvalue weighted by atomic mass is 10.1. The molecule has 0 heterocycles. The summed E-state index contributed by atoms with van der Waals surface area (Å²) in [6.45, 7) is 3.88. The van der Waals surface area contributed by atoms with Gasteiger partial charge in [-0.15, -0.1) is 6.58 Å². The Morgan fingerprint density at radius 1 is 1.75 bits per heavy atom. The third-order valence-electron chi connectivity index (χ3n) is 1.59. The molecule has 1 atom stereocenters. The average molecular weight is 171 g/mol. The summed E-state index contributed by atoms with van der Waals surface area (Å²) < 4.78 is 4.77. The number of rotatable bonds is 7. The normalized spacial score (nSPS) is 12.5. The lowest BCUT2D eigenvalue weighted by molar-refractivity contribution is -0.121. The minimum absolute atomic E-state index is 0.0682. The maximum Gasteiger partial charge on any atom is 0.151 e. The van der Waals surface area contributed by atoms with E-state index in [-0.39, 0.29) is 5.78 Å². The zero-order chi connectivity index (χ0) is 9.40. The summed E-state index contributed by atoms with van der Waals surface area (Å²) in [6.07, 6.45) is 4.02. The van der Waals surface area contributed by atoms with Crippen LogP contribution >= 0.6 is 0 Å². The molecular weight excluding hydrogens is 154 g/mol. The first-order valence-electron chi connectivity index (χ1n) is 4.10. The molecule has 0 aliphatic rings. The van der Waals surface area contributed by atoms with Gasteiger partial charge >= 0.3 is 0 Å². The van der Waals surface area contributed by atoms with Crippen LogP contribution in [0, 0.1) is 0 Å². The maximum atomic E-state index is 11.2. The number of ether oxygens (including phenoxy) is 1. The highest BCUT2D eigenvalue weighted by Gasteiger charge is 2.11. The summed E-state index contributed by atoms with van der Waals surface area (Å²) >= 11 is 0. The molecule has 3 heteroatoms. The van der Waals surface area contributed by atoms with Crippen LogP contribution in [0.15, 0.2) is 12.7 Å². The van der Waals surface area contributed by atoms with Gasteiger partial charge in [-0.2, -0.15) is 0 Å². The fourth-order valence-corrected chi connectivity index (χ4v) is 0.879. The third-order valence-corrected chi connectivity index (χ3v) is 1.59. The van der Waals surface area contributed by atoms with Crippen molar-refractivity contribution in [2.45, 2.75) is 25.3 Å². The van der Waals surface area contributed by atoms with E-state index in [2.05, 4.69) is 6.58 Å². The topological polar surface area (TPSA) is 52.3 Å². The van der Waals surface area contributed by atoms with E-state index < -0.39 is 6.04 Å². The van der Waals surface area contributed by atoms with Crippen molar-refractivity contribution in [3.63, 3.8) is 0 Å². The van der Waals surface area contributed by atoms with Crippen LogP contribution in [0.1, 0.15) is 19.3 Å². The number of ketones is 1. The minimum Gasteiger partial charge on any atom is -0.383 e. The zero-order valence-electron chi connectivity index (χ0n) is 7.58. The number of carbonyl (C=O) groups is 1. The van der Waals surface area contributed by atoms with Gasteiger partial charge in [0, 0.05) is 13.5 Å². The first kappa shape index (κ1) is 11.3. The molecule has 70 valence electrons. The number of hydrogen-bond donors (Lipinski definition) is 1. The standard InChI is InChI=1S/C9H17NO2/c1-3-4-5-6-9(11)8(10)7-12-2/h3,8H,1,4-7,10H2,2H3. The Hall–Kier alpha value is -0.670. The molecule has 0 aliphatic heterocycles. The Morgan fingerprint density at radius 2 is 2.42 bits per heavy atom. The Morgan fingerprint density at radius 3 is 2.92 bits per heavy atom. The fourth-order valence-electron chi connectivity index (χ4n) is 0.879. The molecule has 0 spiro atoms. The van der Waals surface area contributed by atoms with Crippen LogP contribution in [-0.4, -0.2) is 25.5 Å². The van der Waals surface area contributed by atoms with Gasteiger partial charge in [-0.05, 0) is 12.8 Å². The van der Waals surface area contributed by atoms with E-state index in [1.54, 1.807) is 6.08 Å². The molecule has 3 nitrogen and oxygen atoms in total. The molecule has 0 rings (SSSR count). The predicted octanol–water partition coefficient (Wildman–Crippen LogP) is 0.886. The molecule has 0 amide bonds. The summed E-state index contributed by atoms with van der Waals surface area (Å²) in [5.74, 6) is 0.0682. The van der Waals surface area contributed by atoms with Crippen LogP contribution in [0.2, 0.25) is 0 Å². The molecule has 0 aliphatic carbocycles. The van der Waals surface area contributed by atoms with E-state index >= 15 is 0 Å². The van der Waals surface area contributed by atoms with E-state index in [1.807, 2.05) is 0 Å². The monoisotopic (exact) mass is 171 g/mol. The van der Waals surface area contributed by atoms with Crippen molar-refractivity contribution in [3.05, 3.63) is 12.7 Å². The lowest BCUT2D eigenvalue weighted by Gasteiger charge is -2.07. The number of hydrogen-bond acceptors (Lipinski definition) is 3. The van der Waals surface area contributed by atoms with Crippen LogP contribution in [-0.2, 0) is 9.53 Å². The number of carbonyl (C=O) groups excluding carboxylic acids is 1. The molecular formula is C9H17NO2. The van der Waals surface area contributed by atoms with Gasteiger partial charge in [-0.1, -0.05) is 6.08 Å². The number of Topliss-reactive ketones (excluding diaryl/α,β-unsaturated/α-hetero) is 1. The van der Waals surface area contributed by atoms with Crippen LogP contribution in [0.4, 0.5) is 0 Å². The number of unbranched alkanes of at least 4 members (excludes halogenated alkanes) is 1. The molecule has 0 bridgehead atoms. The van der Waals surface area contributed by atoms with Crippen LogP contribution < -0.4 is 5.73 Å². The van der Waals surface area contributed by atoms with E-state index in [1.165, 1.54) is 7.11 Å². The van der Waals surface area contributed by atoms with Gasteiger partial charge in [0.25, 0.3) is 0 Å². The molecule has 1 unspecified atom stereocenters. The van der Waals surface area contributed by atoms with Crippen molar-refractivity contribution in [1.82, 2.24) is 0 Å². The van der Waals surface area contributed by atoms with Crippen LogP contribution in [0.5, 0.6) is 0 Å². The Labute approximate surface area is 73.6 Å². The van der Waals surface area contributed by atoms with Crippen molar-refractivity contribution in [1.29, 1.82) is 0 Å². The third kappa shape index (κ3) is 5.04. The lowest BCUT2D eigenvalue weighted by Crippen LogP contribution is -2.34. The molecule has 0 aromatic heterocycles. The smallest absolute Gasteiger partial charge is 0.151 e. The minimum atomic E-state index is -0.459. The molecule has 0 fully saturated rings. The van der Waals surface area contributed by atoms with Gasteiger partial charge in [-0.25, -0.2) is 0 Å². The molecule has 0 aromatic carbocycles. The first-order valence-corrected chi connectivity index (χ1v) is 4.10. The van der Waals surface area contributed by atoms with E-state index in [4.69, 9.17) is 10.5 Å². The summed E-state index contributed by atoms with van der Waals surface area (Å²) in [7, 11) is 1.54. The van der Waals surface area contributed by atoms with Gasteiger partial charge in [0.1, 0.15) is 0 Å². The largest absolute Gasteiger partial charge is 0.383 e. The van der Waals surface area contributed by atoms with Gasteiger partial charge in [0.2, 0.25) is 0 Å². The van der Waals surface area contributed by atoms with Crippen molar-refractivity contribution >= 4 is 5.78 Å². The Kier molecular flexibility index (Phi) is 6.61. The van der Waals surface area contributed by atoms with Crippen LogP contribution in [0.25, 0.3) is 0 Å². The van der Waals surface area contributed by atoms with Crippen molar-refractivity contribution in [3.8, 4) is 0 Å². The van der Waals surface area contributed by atoms with Gasteiger partial charge in [0.05, 0.1) is 12.6 Å². The second-order valence-electron chi connectivity index (χ2n) is 2.71. The number of allylic oxidation sites excluding steroid dienone is 1. The van der Waals surface area contributed by atoms with Crippen LogP contribution in [0.3, 0.4) is 0 Å². The number of nitrogens with two attached hydrogens (primary N) is 1. The molecule has 0 radical (unpaired) electrons. The maximum absolute atomic E-state index is 11.2. The SMILES string of the molecule is C=CCCCC(=O)C(N)COC. The second kappa shape index (κ2) is 7.00. The van der Waals surface area contributed by atoms with Gasteiger partial charge < -0.3 is 10.5 Å². The Balaban J connectivity index is 3.49. The quantitative estimate of drug-likeness (QED) is 0.457. The van der Waals surface area contributed by atoms with E-state index in [9.17, 15) is 4.79 Å². The van der Waals surface area contributed by atoms with Gasteiger partial charge in [0.15, 0.2) is 5.78 Å².